The standard InChI is InChI=1S/C17H22N2O/c1-4-14(18)17(15-9-5-6-11-19-15)20-16-10-7-8-12(2)13(16)3/h5-11,14,17H,4,18H2,1-3H3. The molecule has 0 saturated carbocycles. The van der Waals surface area contributed by atoms with Gasteiger partial charge in [0, 0.05) is 12.2 Å². The minimum absolute atomic E-state index is 0.0789. The number of benzene rings is 1. The van der Waals surface area contributed by atoms with Crippen molar-refractivity contribution in [3.8, 4) is 5.75 Å². The predicted molar refractivity (Wildman–Crippen MR) is 81.8 cm³/mol. The van der Waals surface area contributed by atoms with Crippen LogP contribution in [-0.2, 0) is 0 Å². The van der Waals surface area contributed by atoms with E-state index in [2.05, 4.69) is 31.8 Å². The third kappa shape index (κ3) is 3.17. The first-order chi connectivity index (χ1) is 9.63. The van der Waals surface area contributed by atoms with Gasteiger partial charge in [0.15, 0.2) is 6.10 Å². The summed E-state index contributed by atoms with van der Waals surface area (Å²) in [4.78, 5) is 4.39. The molecule has 1 aromatic heterocycles. The highest BCUT2D eigenvalue weighted by molar-refractivity contribution is 5.38. The zero-order valence-corrected chi connectivity index (χ0v) is 12.3. The molecule has 2 N–H and O–H groups in total. The highest BCUT2D eigenvalue weighted by Crippen LogP contribution is 2.28. The first-order valence-corrected chi connectivity index (χ1v) is 7.03. The van der Waals surface area contributed by atoms with E-state index < -0.39 is 0 Å². The van der Waals surface area contributed by atoms with Crippen LogP contribution < -0.4 is 10.5 Å². The van der Waals surface area contributed by atoms with Crippen LogP contribution in [-0.4, -0.2) is 11.0 Å². The fourth-order valence-electron chi connectivity index (χ4n) is 2.11. The Morgan fingerprint density at radius 1 is 1.15 bits per heavy atom. The van der Waals surface area contributed by atoms with E-state index in [4.69, 9.17) is 10.5 Å². The van der Waals surface area contributed by atoms with Crippen LogP contribution in [0.3, 0.4) is 0 Å². The number of pyridine rings is 1. The van der Waals surface area contributed by atoms with Crippen molar-refractivity contribution in [1.29, 1.82) is 0 Å². The molecule has 0 amide bonds. The molecule has 20 heavy (non-hydrogen) atoms. The lowest BCUT2D eigenvalue weighted by Gasteiger charge is -2.25. The summed E-state index contributed by atoms with van der Waals surface area (Å²) in [6.45, 7) is 6.21. The quantitative estimate of drug-likeness (QED) is 0.903. The highest BCUT2D eigenvalue weighted by atomic mass is 16.5. The van der Waals surface area contributed by atoms with E-state index in [1.807, 2.05) is 30.3 Å². The Bertz CT molecular complexity index is 554. The summed E-state index contributed by atoms with van der Waals surface area (Å²) < 4.78 is 6.18. The number of hydrogen-bond acceptors (Lipinski definition) is 3. The van der Waals surface area contributed by atoms with Crippen LogP contribution in [0, 0.1) is 13.8 Å². The molecule has 0 fully saturated rings. The van der Waals surface area contributed by atoms with Gasteiger partial charge >= 0.3 is 0 Å². The summed E-state index contributed by atoms with van der Waals surface area (Å²) in [6.07, 6.45) is 2.39. The molecule has 0 aliphatic rings. The maximum absolute atomic E-state index is 6.22. The normalized spacial score (nSPS) is 13.8. The fraction of sp³-hybridized carbons (Fsp3) is 0.353. The van der Waals surface area contributed by atoms with Crippen molar-refractivity contribution in [3.05, 3.63) is 59.4 Å². The Morgan fingerprint density at radius 2 is 1.95 bits per heavy atom. The van der Waals surface area contributed by atoms with Gasteiger partial charge in [-0.1, -0.05) is 25.1 Å². The minimum atomic E-state index is -0.221. The lowest BCUT2D eigenvalue weighted by molar-refractivity contribution is 0.165. The van der Waals surface area contributed by atoms with Crippen LogP contribution in [0.1, 0.15) is 36.3 Å². The summed E-state index contributed by atoms with van der Waals surface area (Å²) in [5, 5.41) is 0. The van der Waals surface area contributed by atoms with Gasteiger partial charge in [0.2, 0.25) is 0 Å². The molecule has 0 spiro atoms. The summed E-state index contributed by atoms with van der Waals surface area (Å²) in [7, 11) is 0. The molecule has 0 bridgehead atoms. The molecular weight excluding hydrogens is 248 g/mol. The summed E-state index contributed by atoms with van der Waals surface area (Å²) in [5.41, 5.74) is 9.46. The maximum atomic E-state index is 6.22. The Hall–Kier alpha value is -1.87. The molecule has 2 aromatic rings. The van der Waals surface area contributed by atoms with E-state index in [0.29, 0.717) is 0 Å². The summed E-state index contributed by atoms with van der Waals surface area (Å²) in [5.74, 6) is 0.879. The average Bonchev–Trinajstić information content (AvgIpc) is 2.49. The topological polar surface area (TPSA) is 48.1 Å². The molecule has 2 rings (SSSR count). The monoisotopic (exact) mass is 270 g/mol. The van der Waals surface area contributed by atoms with E-state index in [9.17, 15) is 0 Å². The van der Waals surface area contributed by atoms with Gasteiger partial charge in [-0.05, 0) is 49.6 Å². The van der Waals surface area contributed by atoms with Crippen molar-refractivity contribution in [3.63, 3.8) is 0 Å². The number of hydrogen-bond donors (Lipinski definition) is 1. The van der Waals surface area contributed by atoms with Gasteiger partial charge in [-0.3, -0.25) is 4.98 Å². The summed E-state index contributed by atoms with van der Waals surface area (Å²) in [6, 6.07) is 11.8. The number of aryl methyl sites for hydroxylation is 1. The van der Waals surface area contributed by atoms with E-state index in [-0.39, 0.29) is 12.1 Å². The van der Waals surface area contributed by atoms with Crippen LogP contribution >= 0.6 is 0 Å². The number of aromatic nitrogens is 1. The zero-order chi connectivity index (χ0) is 14.5. The molecule has 0 aliphatic carbocycles. The van der Waals surface area contributed by atoms with Crippen LogP contribution in [0.15, 0.2) is 42.6 Å². The van der Waals surface area contributed by atoms with Gasteiger partial charge < -0.3 is 10.5 Å². The number of rotatable bonds is 5. The van der Waals surface area contributed by atoms with Gasteiger partial charge in [-0.2, -0.15) is 0 Å². The number of nitrogens with zero attached hydrogens (tertiary/aromatic N) is 1. The molecule has 0 aliphatic heterocycles. The first-order valence-electron chi connectivity index (χ1n) is 7.03. The molecule has 0 saturated heterocycles. The molecule has 0 radical (unpaired) electrons. The third-order valence-corrected chi connectivity index (χ3v) is 3.65. The minimum Gasteiger partial charge on any atom is -0.482 e. The zero-order valence-electron chi connectivity index (χ0n) is 12.3. The van der Waals surface area contributed by atoms with Gasteiger partial charge in [0.25, 0.3) is 0 Å². The second kappa shape index (κ2) is 6.53. The van der Waals surface area contributed by atoms with Gasteiger partial charge in [0.1, 0.15) is 5.75 Å². The molecule has 1 aromatic carbocycles. The molecule has 2 atom stereocenters. The number of ether oxygens (including phenoxy) is 1. The molecule has 106 valence electrons. The van der Waals surface area contributed by atoms with Crippen molar-refractivity contribution in [2.45, 2.75) is 39.3 Å². The Labute approximate surface area is 120 Å². The third-order valence-electron chi connectivity index (χ3n) is 3.65. The lowest BCUT2D eigenvalue weighted by Crippen LogP contribution is -2.32. The van der Waals surface area contributed by atoms with E-state index in [0.717, 1.165) is 23.4 Å². The Balaban J connectivity index is 2.31. The summed E-state index contributed by atoms with van der Waals surface area (Å²) >= 11 is 0. The largest absolute Gasteiger partial charge is 0.482 e. The fourth-order valence-corrected chi connectivity index (χ4v) is 2.11. The maximum Gasteiger partial charge on any atom is 0.155 e. The van der Waals surface area contributed by atoms with Crippen LogP contribution in [0.5, 0.6) is 5.75 Å². The van der Waals surface area contributed by atoms with Crippen molar-refractivity contribution in [2.75, 3.05) is 0 Å². The molecule has 2 unspecified atom stereocenters. The van der Waals surface area contributed by atoms with Gasteiger partial charge in [0.05, 0.1) is 5.69 Å². The van der Waals surface area contributed by atoms with Crippen molar-refractivity contribution in [2.24, 2.45) is 5.73 Å². The van der Waals surface area contributed by atoms with Crippen molar-refractivity contribution < 1.29 is 4.74 Å². The van der Waals surface area contributed by atoms with E-state index >= 15 is 0 Å². The predicted octanol–water partition coefficient (Wildman–Crippen LogP) is 3.56. The van der Waals surface area contributed by atoms with Gasteiger partial charge in [-0.15, -0.1) is 0 Å². The smallest absolute Gasteiger partial charge is 0.155 e. The Kier molecular flexibility index (Phi) is 4.74. The second-order valence-electron chi connectivity index (χ2n) is 5.06. The van der Waals surface area contributed by atoms with Crippen LogP contribution in [0.2, 0.25) is 0 Å². The molecule has 3 heteroatoms. The second-order valence-corrected chi connectivity index (χ2v) is 5.06. The molecule has 1 heterocycles. The lowest BCUT2D eigenvalue weighted by atomic mass is 10.0. The molecular formula is C17H22N2O. The van der Waals surface area contributed by atoms with Gasteiger partial charge in [-0.25, -0.2) is 0 Å². The highest BCUT2D eigenvalue weighted by Gasteiger charge is 2.22. The van der Waals surface area contributed by atoms with E-state index in [1.54, 1.807) is 6.20 Å². The van der Waals surface area contributed by atoms with Crippen LogP contribution in [0.4, 0.5) is 0 Å². The Morgan fingerprint density at radius 3 is 2.60 bits per heavy atom. The molecule has 3 nitrogen and oxygen atoms in total. The van der Waals surface area contributed by atoms with Crippen molar-refractivity contribution >= 4 is 0 Å². The first kappa shape index (κ1) is 14.5. The average molecular weight is 270 g/mol. The van der Waals surface area contributed by atoms with Crippen LogP contribution in [0.25, 0.3) is 0 Å². The number of nitrogens with two attached hydrogens (primary N) is 1. The SMILES string of the molecule is CCC(N)C(Oc1cccc(C)c1C)c1ccccn1. The van der Waals surface area contributed by atoms with E-state index in [1.165, 1.54) is 5.56 Å². The van der Waals surface area contributed by atoms with Crippen molar-refractivity contribution in [1.82, 2.24) is 4.98 Å².